The van der Waals surface area contributed by atoms with Crippen LogP contribution in [0.3, 0.4) is 0 Å². The molecule has 0 aromatic heterocycles. The summed E-state index contributed by atoms with van der Waals surface area (Å²) in [5.41, 5.74) is 2.61. The number of hydrogen-bond acceptors (Lipinski definition) is 0. The molecule has 0 amide bonds. The average molecular weight is 253 g/mol. The van der Waals surface area contributed by atoms with E-state index in [0.717, 1.165) is 0 Å². The van der Waals surface area contributed by atoms with Crippen molar-refractivity contribution in [3.63, 3.8) is 0 Å². The van der Waals surface area contributed by atoms with Gasteiger partial charge in [-0.3, -0.25) is 0 Å². The molecule has 0 aliphatic carbocycles. The summed E-state index contributed by atoms with van der Waals surface area (Å²) in [6.45, 7) is 8.34. The first-order valence-corrected chi connectivity index (χ1v) is 6.58. The predicted molar refractivity (Wildman–Crippen MR) is 88.9 cm³/mol. The molecule has 0 unspecified atom stereocenters. The molecule has 0 atom stereocenters. The normalized spacial score (nSPS) is 12.2. The van der Waals surface area contributed by atoms with Crippen molar-refractivity contribution in [1.29, 1.82) is 0 Å². The fourth-order valence-corrected chi connectivity index (χ4v) is 1.07. The second kappa shape index (κ2) is 12.5. The highest BCUT2D eigenvalue weighted by atomic mass is 13.8. The molecule has 100 valence electrons. The standard InChI is InChI=1S/C19H25/c1-18(2)16-14-12-10-8-6-5-7-9-11-13-15-17-19(3)4/h5-17H,1-4H3/q+1. The van der Waals surface area contributed by atoms with Crippen LogP contribution in [0.5, 0.6) is 0 Å². The topological polar surface area (TPSA) is 0 Å². The molecule has 0 rings (SSSR count). The van der Waals surface area contributed by atoms with Crippen LogP contribution in [0.4, 0.5) is 0 Å². The number of rotatable bonds is 7. The van der Waals surface area contributed by atoms with E-state index in [2.05, 4.69) is 39.8 Å². The lowest BCUT2D eigenvalue weighted by Crippen LogP contribution is -1.61. The van der Waals surface area contributed by atoms with Crippen LogP contribution in [0.15, 0.2) is 84.1 Å². The van der Waals surface area contributed by atoms with Crippen molar-refractivity contribution in [3.8, 4) is 0 Å². The van der Waals surface area contributed by atoms with Crippen LogP contribution in [-0.4, -0.2) is 0 Å². The highest BCUT2D eigenvalue weighted by molar-refractivity contribution is 5.22. The van der Waals surface area contributed by atoms with Gasteiger partial charge >= 0.3 is 0 Å². The van der Waals surface area contributed by atoms with E-state index in [0.29, 0.717) is 0 Å². The van der Waals surface area contributed by atoms with Crippen LogP contribution in [0.1, 0.15) is 27.7 Å². The first-order chi connectivity index (χ1) is 9.13. The minimum atomic E-state index is 1.31. The quantitative estimate of drug-likeness (QED) is 0.391. The smallest absolute Gasteiger partial charge is 0.0466 e. The zero-order chi connectivity index (χ0) is 14.3. The molecule has 0 aliphatic heterocycles. The lowest BCUT2D eigenvalue weighted by atomic mass is 10.3. The molecule has 0 N–H and O–H groups in total. The Morgan fingerprint density at radius 1 is 0.526 bits per heavy atom. The molecule has 0 fully saturated rings. The summed E-state index contributed by atoms with van der Waals surface area (Å²) < 4.78 is 0. The largest absolute Gasteiger partial charge is 0.0764 e. The van der Waals surface area contributed by atoms with Crippen molar-refractivity contribution < 1.29 is 0 Å². The second-order valence-electron chi connectivity index (χ2n) is 4.60. The Labute approximate surface area is 118 Å². The summed E-state index contributed by atoms with van der Waals surface area (Å²) in [6.07, 6.45) is 26.4. The van der Waals surface area contributed by atoms with Gasteiger partial charge in [0.25, 0.3) is 0 Å². The Morgan fingerprint density at radius 2 is 0.895 bits per heavy atom. The van der Waals surface area contributed by atoms with E-state index < -0.39 is 0 Å². The summed E-state index contributed by atoms with van der Waals surface area (Å²) >= 11 is 0. The first kappa shape index (κ1) is 17.1. The molecular formula is C19H25+. The molecule has 0 spiro atoms. The maximum absolute atomic E-state index is 2.09. The van der Waals surface area contributed by atoms with E-state index in [-0.39, 0.29) is 0 Å². The summed E-state index contributed by atoms with van der Waals surface area (Å²) in [4.78, 5) is 0. The SMILES string of the molecule is CC(C)=CC=CC=CC=C[CH+]C=CC=CC=C(C)C. The van der Waals surface area contributed by atoms with Gasteiger partial charge in [0.15, 0.2) is 0 Å². The van der Waals surface area contributed by atoms with Gasteiger partial charge in [-0.1, -0.05) is 35.5 Å². The van der Waals surface area contributed by atoms with Gasteiger partial charge in [0, 0.05) is 30.7 Å². The monoisotopic (exact) mass is 253 g/mol. The van der Waals surface area contributed by atoms with Crippen molar-refractivity contribution >= 4 is 0 Å². The minimum Gasteiger partial charge on any atom is -0.0764 e. The fraction of sp³-hybridized carbons (Fsp3) is 0.211. The second-order valence-corrected chi connectivity index (χ2v) is 4.60. The Hall–Kier alpha value is -1.95. The highest BCUT2D eigenvalue weighted by Crippen LogP contribution is 1.92. The summed E-state index contributed by atoms with van der Waals surface area (Å²) in [5, 5.41) is 0. The van der Waals surface area contributed by atoms with E-state index >= 15 is 0 Å². The van der Waals surface area contributed by atoms with Gasteiger partial charge in [-0.15, -0.1) is 0 Å². The Morgan fingerprint density at radius 3 is 1.37 bits per heavy atom. The van der Waals surface area contributed by atoms with E-state index in [4.69, 9.17) is 0 Å². The molecule has 0 heterocycles. The molecule has 0 nitrogen and oxygen atoms in total. The molecular weight excluding hydrogens is 228 g/mol. The molecule has 0 aromatic rings. The van der Waals surface area contributed by atoms with Gasteiger partial charge in [-0.05, 0) is 52.0 Å². The van der Waals surface area contributed by atoms with Crippen LogP contribution >= 0.6 is 0 Å². The third kappa shape index (κ3) is 16.1. The zero-order valence-electron chi connectivity index (χ0n) is 12.5. The minimum absolute atomic E-state index is 1.31. The Balaban J connectivity index is 3.81. The Bertz CT molecular complexity index is 413. The van der Waals surface area contributed by atoms with Crippen molar-refractivity contribution in [1.82, 2.24) is 0 Å². The highest BCUT2D eigenvalue weighted by Gasteiger charge is 1.77. The number of allylic oxidation sites excluding steroid dienone is 14. The summed E-state index contributed by atoms with van der Waals surface area (Å²) in [5.74, 6) is 0. The van der Waals surface area contributed by atoms with E-state index in [1.54, 1.807) is 0 Å². The van der Waals surface area contributed by atoms with Gasteiger partial charge in [0.05, 0.1) is 0 Å². The van der Waals surface area contributed by atoms with Crippen LogP contribution in [0.25, 0.3) is 0 Å². The lowest BCUT2D eigenvalue weighted by molar-refractivity contribution is 1.39. The predicted octanol–water partition coefficient (Wildman–Crippen LogP) is 5.90. The molecule has 0 saturated heterocycles. The molecule has 0 saturated carbocycles. The van der Waals surface area contributed by atoms with Gasteiger partial charge < -0.3 is 0 Å². The molecule has 0 radical (unpaired) electrons. The van der Waals surface area contributed by atoms with Crippen molar-refractivity contribution in [2.24, 2.45) is 0 Å². The lowest BCUT2D eigenvalue weighted by Gasteiger charge is -1.79. The number of hydrogen-bond donors (Lipinski definition) is 0. The third-order valence-electron chi connectivity index (χ3n) is 1.97. The Kier molecular flexibility index (Phi) is 11.2. The van der Waals surface area contributed by atoms with Crippen molar-refractivity contribution in [2.75, 3.05) is 0 Å². The fourth-order valence-electron chi connectivity index (χ4n) is 1.07. The van der Waals surface area contributed by atoms with E-state index in [1.165, 1.54) is 11.1 Å². The average Bonchev–Trinajstić information content (AvgIpc) is 2.34. The van der Waals surface area contributed by atoms with Gasteiger partial charge in [0.1, 0.15) is 0 Å². The van der Waals surface area contributed by atoms with Gasteiger partial charge in [0.2, 0.25) is 0 Å². The zero-order valence-corrected chi connectivity index (χ0v) is 12.5. The van der Waals surface area contributed by atoms with Crippen molar-refractivity contribution in [3.05, 3.63) is 90.5 Å². The van der Waals surface area contributed by atoms with Crippen molar-refractivity contribution in [2.45, 2.75) is 27.7 Å². The van der Waals surface area contributed by atoms with Crippen LogP contribution in [-0.2, 0) is 0 Å². The molecule has 0 aliphatic rings. The van der Waals surface area contributed by atoms with Gasteiger partial charge in [-0.2, -0.15) is 0 Å². The van der Waals surface area contributed by atoms with Crippen LogP contribution in [0, 0.1) is 6.42 Å². The molecule has 19 heavy (non-hydrogen) atoms. The molecule has 0 heteroatoms. The van der Waals surface area contributed by atoms with E-state index in [1.807, 2.05) is 67.2 Å². The molecule has 0 aromatic carbocycles. The van der Waals surface area contributed by atoms with Gasteiger partial charge in [-0.25, -0.2) is 0 Å². The maximum Gasteiger partial charge on any atom is 0.0466 e. The van der Waals surface area contributed by atoms with Crippen LogP contribution < -0.4 is 0 Å². The first-order valence-electron chi connectivity index (χ1n) is 6.58. The van der Waals surface area contributed by atoms with E-state index in [9.17, 15) is 0 Å². The third-order valence-corrected chi connectivity index (χ3v) is 1.97. The maximum atomic E-state index is 2.09. The van der Waals surface area contributed by atoms with Crippen LogP contribution in [0.2, 0.25) is 0 Å². The molecule has 0 bridgehead atoms. The summed E-state index contributed by atoms with van der Waals surface area (Å²) in [6, 6.07) is 0. The summed E-state index contributed by atoms with van der Waals surface area (Å²) in [7, 11) is 0.